The van der Waals surface area contributed by atoms with Crippen molar-refractivity contribution in [2.45, 2.75) is 30.7 Å². The Balaban J connectivity index is 2.52. The summed E-state index contributed by atoms with van der Waals surface area (Å²) in [5.41, 5.74) is 0. The molecule has 1 heterocycles. The fourth-order valence-electron chi connectivity index (χ4n) is 0.796. The Hall–Kier alpha value is -0.530. The molecule has 1 rings (SSSR count). The monoisotopic (exact) mass is 212 g/mol. The first-order valence-corrected chi connectivity index (χ1v) is 3.07. The standard InChI is InChI=1S/C5H3F7O/c6-2(4(7,8)9)1-3(13-1)5(10,11)12/h1-3H. The average Bonchev–Trinajstić information content (AvgIpc) is 2.58. The van der Waals surface area contributed by atoms with Crippen LogP contribution in [-0.4, -0.2) is 30.7 Å². The van der Waals surface area contributed by atoms with Crippen molar-refractivity contribution in [1.29, 1.82) is 0 Å². The number of epoxide rings is 1. The molecule has 0 aromatic rings. The van der Waals surface area contributed by atoms with Crippen molar-refractivity contribution in [3.8, 4) is 0 Å². The molecule has 13 heavy (non-hydrogen) atoms. The lowest BCUT2D eigenvalue weighted by Crippen LogP contribution is -2.33. The van der Waals surface area contributed by atoms with Gasteiger partial charge >= 0.3 is 12.4 Å². The minimum atomic E-state index is -5.30. The lowest BCUT2D eigenvalue weighted by atomic mass is 10.2. The summed E-state index contributed by atoms with van der Waals surface area (Å²) < 4.78 is 84.9. The molecule has 0 saturated carbocycles. The first-order valence-electron chi connectivity index (χ1n) is 3.07. The number of hydrogen-bond acceptors (Lipinski definition) is 1. The van der Waals surface area contributed by atoms with Crippen molar-refractivity contribution < 1.29 is 35.5 Å². The fraction of sp³-hybridized carbons (Fsp3) is 1.00. The van der Waals surface area contributed by atoms with E-state index in [0.29, 0.717) is 0 Å². The minimum absolute atomic E-state index is 2.43. The molecule has 3 unspecified atom stereocenters. The van der Waals surface area contributed by atoms with E-state index in [-0.39, 0.29) is 0 Å². The summed E-state index contributed by atoms with van der Waals surface area (Å²) in [6.07, 6.45) is -18.9. The maximum Gasteiger partial charge on any atom is 0.422 e. The maximum atomic E-state index is 12.1. The molecule has 0 amide bonds. The molecule has 0 bridgehead atoms. The Morgan fingerprint density at radius 1 is 1.00 bits per heavy atom. The van der Waals surface area contributed by atoms with Gasteiger partial charge in [0.2, 0.25) is 6.17 Å². The topological polar surface area (TPSA) is 12.5 Å². The van der Waals surface area contributed by atoms with E-state index in [1.807, 2.05) is 0 Å². The molecule has 0 N–H and O–H groups in total. The van der Waals surface area contributed by atoms with E-state index in [1.165, 1.54) is 0 Å². The van der Waals surface area contributed by atoms with Crippen LogP contribution in [0.15, 0.2) is 0 Å². The number of halogens is 7. The van der Waals surface area contributed by atoms with Crippen molar-refractivity contribution >= 4 is 0 Å². The molecular formula is C5H3F7O. The third-order valence-corrected chi connectivity index (χ3v) is 1.45. The molecule has 1 aliphatic rings. The molecule has 1 aliphatic heterocycles. The Morgan fingerprint density at radius 3 is 1.69 bits per heavy atom. The van der Waals surface area contributed by atoms with Crippen LogP contribution in [0.3, 0.4) is 0 Å². The Labute approximate surface area is 67.5 Å². The van der Waals surface area contributed by atoms with Crippen LogP contribution in [0, 0.1) is 0 Å². The zero-order chi connectivity index (χ0) is 10.4. The quantitative estimate of drug-likeness (QED) is 0.479. The summed E-state index contributed by atoms with van der Waals surface area (Å²) in [6.45, 7) is 0. The van der Waals surface area contributed by atoms with Crippen LogP contribution in [0.2, 0.25) is 0 Å². The highest BCUT2D eigenvalue weighted by Crippen LogP contribution is 2.44. The van der Waals surface area contributed by atoms with Crippen LogP contribution in [0.5, 0.6) is 0 Å². The molecule has 1 nitrogen and oxygen atoms in total. The van der Waals surface area contributed by atoms with Gasteiger partial charge in [-0.05, 0) is 0 Å². The van der Waals surface area contributed by atoms with Crippen molar-refractivity contribution in [1.82, 2.24) is 0 Å². The van der Waals surface area contributed by atoms with Crippen molar-refractivity contribution in [3.05, 3.63) is 0 Å². The zero-order valence-corrected chi connectivity index (χ0v) is 5.79. The van der Waals surface area contributed by atoms with Gasteiger partial charge in [0, 0.05) is 0 Å². The summed E-state index contributed by atoms with van der Waals surface area (Å²) >= 11 is 0. The van der Waals surface area contributed by atoms with Gasteiger partial charge < -0.3 is 4.74 Å². The van der Waals surface area contributed by atoms with Gasteiger partial charge in [-0.1, -0.05) is 0 Å². The molecule has 3 atom stereocenters. The summed E-state index contributed by atoms with van der Waals surface area (Å²) in [5.74, 6) is 0. The van der Waals surface area contributed by atoms with Crippen LogP contribution in [-0.2, 0) is 4.74 Å². The van der Waals surface area contributed by atoms with E-state index < -0.39 is 30.7 Å². The van der Waals surface area contributed by atoms with Crippen molar-refractivity contribution in [2.24, 2.45) is 0 Å². The van der Waals surface area contributed by atoms with E-state index in [0.717, 1.165) is 0 Å². The summed E-state index contributed by atoms with van der Waals surface area (Å²) in [7, 11) is 0. The fourth-order valence-corrected chi connectivity index (χ4v) is 0.796. The molecule has 78 valence electrons. The molecule has 1 saturated heterocycles. The van der Waals surface area contributed by atoms with Gasteiger partial charge in [0.05, 0.1) is 0 Å². The predicted octanol–water partition coefficient (Wildman–Crippen LogP) is 2.22. The lowest BCUT2D eigenvalue weighted by Gasteiger charge is -2.09. The van der Waals surface area contributed by atoms with E-state index in [2.05, 4.69) is 4.74 Å². The van der Waals surface area contributed by atoms with Gasteiger partial charge in [-0.3, -0.25) is 0 Å². The summed E-state index contributed by atoms with van der Waals surface area (Å²) in [6, 6.07) is 0. The van der Waals surface area contributed by atoms with Crippen molar-refractivity contribution in [3.63, 3.8) is 0 Å². The van der Waals surface area contributed by atoms with Crippen LogP contribution in [0.25, 0.3) is 0 Å². The molecular weight excluding hydrogens is 209 g/mol. The largest absolute Gasteiger partial charge is 0.422 e. The first kappa shape index (κ1) is 10.6. The van der Waals surface area contributed by atoms with Crippen LogP contribution in [0.1, 0.15) is 0 Å². The van der Waals surface area contributed by atoms with Crippen LogP contribution >= 0.6 is 0 Å². The van der Waals surface area contributed by atoms with Crippen molar-refractivity contribution in [2.75, 3.05) is 0 Å². The molecule has 8 heteroatoms. The van der Waals surface area contributed by atoms with E-state index in [9.17, 15) is 30.7 Å². The van der Waals surface area contributed by atoms with E-state index in [1.54, 1.807) is 0 Å². The van der Waals surface area contributed by atoms with Crippen LogP contribution in [0.4, 0.5) is 30.7 Å². The Bertz CT molecular complexity index is 194. The van der Waals surface area contributed by atoms with Gasteiger partial charge in [0.15, 0.2) is 6.10 Å². The molecule has 1 fully saturated rings. The lowest BCUT2D eigenvalue weighted by molar-refractivity contribution is -0.186. The highest BCUT2D eigenvalue weighted by molar-refractivity contribution is 4.98. The molecule has 0 aromatic carbocycles. The van der Waals surface area contributed by atoms with Gasteiger partial charge in [-0.15, -0.1) is 0 Å². The third kappa shape index (κ3) is 2.23. The number of ether oxygens (including phenoxy) is 1. The maximum absolute atomic E-state index is 12.1. The number of alkyl halides is 7. The minimum Gasteiger partial charge on any atom is -0.356 e. The Morgan fingerprint density at radius 2 is 1.46 bits per heavy atom. The number of hydrogen-bond donors (Lipinski definition) is 0. The molecule has 0 radical (unpaired) electrons. The van der Waals surface area contributed by atoms with Gasteiger partial charge in [-0.2, -0.15) is 26.3 Å². The molecule has 0 aliphatic carbocycles. The number of rotatable bonds is 1. The third-order valence-electron chi connectivity index (χ3n) is 1.45. The smallest absolute Gasteiger partial charge is 0.356 e. The normalized spacial score (nSPS) is 31.6. The SMILES string of the molecule is FC(C1OC1C(F)(F)F)C(F)(F)F. The summed E-state index contributed by atoms with van der Waals surface area (Å²) in [4.78, 5) is 0. The van der Waals surface area contributed by atoms with Gasteiger partial charge in [-0.25, -0.2) is 4.39 Å². The van der Waals surface area contributed by atoms with Gasteiger partial charge in [0.25, 0.3) is 0 Å². The summed E-state index contributed by atoms with van der Waals surface area (Å²) in [5, 5.41) is 0. The second kappa shape index (κ2) is 2.73. The Kier molecular flexibility index (Phi) is 2.21. The van der Waals surface area contributed by atoms with E-state index in [4.69, 9.17) is 0 Å². The van der Waals surface area contributed by atoms with E-state index >= 15 is 0 Å². The molecule has 0 spiro atoms. The van der Waals surface area contributed by atoms with Gasteiger partial charge in [0.1, 0.15) is 6.10 Å². The second-order valence-electron chi connectivity index (χ2n) is 2.51. The first-order chi connectivity index (χ1) is 5.64. The highest BCUT2D eigenvalue weighted by atomic mass is 19.4. The average molecular weight is 212 g/mol. The predicted molar refractivity (Wildman–Crippen MR) is 25.7 cm³/mol. The van der Waals surface area contributed by atoms with Crippen LogP contribution < -0.4 is 0 Å². The molecule has 0 aromatic heterocycles. The second-order valence-corrected chi connectivity index (χ2v) is 2.51. The highest BCUT2D eigenvalue weighted by Gasteiger charge is 2.66. The zero-order valence-electron chi connectivity index (χ0n) is 5.79.